The second-order valence-corrected chi connectivity index (χ2v) is 5.31. The van der Waals surface area contributed by atoms with Gasteiger partial charge in [-0.2, -0.15) is 0 Å². The van der Waals surface area contributed by atoms with E-state index in [4.69, 9.17) is 21.8 Å². The Bertz CT molecular complexity index is 722. The van der Waals surface area contributed by atoms with Crippen molar-refractivity contribution in [3.05, 3.63) is 40.3 Å². The Kier molecular flexibility index (Phi) is 8.11. The van der Waals surface area contributed by atoms with Gasteiger partial charge in [0.25, 0.3) is 0 Å². The Balaban J connectivity index is 2.46. The van der Waals surface area contributed by atoms with E-state index in [9.17, 15) is 14.4 Å². The number of nitrogens with one attached hydrogen (secondary N) is 3. The van der Waals surface area contributed by atoms with Gasteiger partial charge in [0.15, 0.2) is 0 Å². The molecule has 2 amide bonds. The minimum Gasteiger partial charge on any atom is -0.481 e. The molecule has 0 radical (unpaired) electrons. The van der Waals surface area contributed by atoms with E-state index in [0.29, 0.717) is 11.3 Å². The number of nitrogens with two attached hydrogens (primary N) is 1. The molecule has 1 aromatic carbocycles. The predicted octanol–water partition coefficient (Wildman–Crippen LogP) is 0.959. The highest BCUT2D eigenvalue weighted by Gasteiger charge is 2.16. The number of carbonyl (C=O) groups is 3. The third-order valence-electron chi connectivity index (χ3n) is 3.21. The van der Waals surface area contributed by atoms with Crippen molar-refractivity contribution in [3.63, 3.8) is 0 Å². The van der Waals surface area contributed by atoms with E-state index < -0.39 is 23.8 Å². The lowest BCUT2D eigenvalue weighted by Crippen LogP contribution is -2.38. The lowest BCUT2D eigenvalue weighted by molar-refractivity contribution is -0.137. The van der Waals surface area contributed by atoms with E-state index >= 15 is 0 Å². The largest absolute Gasteiger partial charge is 0.481 e. The molecule has 0 aliphatic heterocycles. The summed E-state index contributed by atoms with van der Waals surface area (Å²) in [6.45, 7) is -0.191. The molecule has 0 saturated heterocycles. The maximum Gasteiger partial charge on any atom is 0.305 e. The molecular formula is C15H19N7O4. The number of hydrogen-bond donors (Lipinski definition) is 5. The number of amidine groups is 1. The number of aliphatic carboxylic acids is 1. The molecular weight excluding hydrogens is 342 g/mol. The lowest BCUT2D eigenvalue weighted by atomic mass is 10.1. The van der Waals surface area contributed by atoms with E-state index in [1.807, 2.05) is 0 Å². The maximum atomic E-state index is 11.9. The second-order valence-electron chi connectivity index (χ2n) is 5.31. The first-order valence-electron chi connectivity index (χ1n) is 7.58. The van der Waals surface area contributed by atoms with E-state index in [0.717, 1.165) is 0 Å². The van der Waals surface area contributed by atoms with Crippen molar-refractivity contribution in [1.82, 2.24) is 5.32 Å². The van der Waals surface area contributed by atoms with Crippen molar-refractivity contribution in [2.24, 2.45) is 10.8 Å². The average Bonchev–Trinajstić information content (AvgIpc) is 2.58. The van der Waals surface area contributed by atoms with Crippen LogP contribution in [0.15, 0.2) is 29.4 Å². The molecule has 0 aliphatic rings. The van der Waals surface area contributed by atoms with E-state index in [2.05, 4.69) is 20.7 Å². The summed E-state index contributed by atoms with van der Waals surface area (Å²) < 4.78 is 0. The van der Waals surface area contributed by atoms with Gasteiger partial charge in [0.05, 0.1) is 6.42 Å². The molecule has 0 aliphatic carbocycles. The summed E-state index contributed by atoms with van der Waals surface area (Å²) in [5, 5.41) is 24.3. The van der Waals surface area contributed by atoms with E-state index in [1.54, 1.807) is 24.3 Å². The van der Waals surface area contributed by atoms with Gasteiger partial charge in [0, 0.05) is 41.6 Å². The number of rotatable bonds is 10. The summed E-state index contributed by atoms with van der Waals surface area (Å²) >= 11 is 0. The zero-order valence-corrected chi connectivity index (χ0v) is 13.8. The number of benzene rings is 1. The van der Waals surface area contributed by atoms with Crippen LogP contribution in [0.4, 0.5) is 5.69 Å². The molecule has 0 heterocycles. The van der Waals surface area contributed by atoms with E-state index in [-0.39, 0.29) is 31.6 Å². The summed E-state index contributed by atoms with van der Waals surface area (Å²) in [4.78, 5) is 36.9. The number of hydrogen-bond acceptors (Lipinski definition) is 5. The smallest absolute Gasteiger partial charge is 0.305 e. The first kappa shape index (κ1) is 20.5. The number of nitrogens with zero attached hydrogens (tertiary/aromatic N) is 3. The predicted molar refractivity (Wildman–Crippen MR) is 93.5 cm³/mol. The molecule has 11 nitrogen and oxygen atoms in total. The zero-order valence-electron chi connectivity index (χ0n) is 13.8. The fourth-order valence-electron chi connectivity index (χ4n) is 1.99. The summed E-state index contributed by atoms with van der Waals surface area (Å²) in [5.41, 5.74) is 14.6. The molecule has 138 valence electrons. The number of amides is 2. The normalized spacial score (nSPS) is 10.9. The van der Waals surface area contributed by atoms with Crippen molar-refractivity contribution >= 4 is 29.3 Å². The molecule has 6 N–H and O–H groups in total. The summed E-state index contributed by atoms with van der Waals surface area (Å²) in [6.07, 6.45) is -0.648. The van der Waals surface area contributed by atoms with Crippen molar-refractivity contribution < 1.29 is 19.5 Å². The van der Waals surface area contributed by atoms with Gasteiger partial charge < -0.3 is 21.5 Å². The van der Waals surface area contributed by atoms with Gasteiger partial charge in [0.2, 0.25) is 11.8 Å². The SMILES string of the molecule is [N-]=[N+]=NCC(CC(=O)O)NC(=O)CCC(=O)Nc1ccc(C(=N)N)cc1. The van der Waals surface area contributed by atoms with Crippen LogP contribution in [0.3, 0.4) is 0 Å². The van der Waals surface area contributed by atoms with Crippen LogP contribution < -0.4 is 16.4 Å². The quantitative estimate of drug-likeness (QED) is 0.136. The molecule has 0 aromatic heterocycles. The summed E-state index contributed by atoms with van der Waals surface area (Å²) in [7, 11) is 0. The minimum absolute atomic E-state index is 0.0869. The van der Waals surface area contributed by atoms with Crippen molar-refractivity contribution in [2.45, 2.75) is 25.3 Å². The van der Waals surface area contributed by atoms with Crippen molar-refractivity contribution in [3.8, 4) is 0 Å². The highest BCUT2D eigenvalue weighted by molar-refractivity contribution is 5.96. The van der Waals surface area contributed by atoms with Gasteiger partial charge in [-0.3, -0.25) is 19.8 Å². The van der Waals surface area contributed by atoms with Crippen LogP contribution in [0.2, 0.25) is 0 Å². The molecule has 0 bridgehead atoms. The Morgan fingerprint density at radius 2 is 1.85 bits per heavy atom. The van der Waals surface area contributed by atoms with Gasteiger partial charge >= 0.3 is 5.97 Å². The van der Waals surface area contributed by atoms with Gasteiger partial charge in [0.1, 0.15) is 5.84 Å². The topological polar surface area (TPSA) is 194 Å². The van der Waals surface area contributed by atoms with Crippen molar-refractivity contribution in [1.29, 1.82) is 5.41 Å². The highest BCUT2D eigenvalue weighted by atomic mass is 16.4. The monoisotopic (exact) mass is 361 g/mol. The summed E-state index contributed by atoms with van der Waals surface area (Å²) in [5.74, 6) is -2.15. The number of carboxylic acid groups (broad SMARTS) is 1. The Hall–Kier alpha value is -3.59. The number of carbonyl (C=O) groups excluding carboxylic acids is 2. The molecule has 1 rings (SSSR count). The fraction of sp³-hybridized carbons (Fsp3) is 0.333. The van der Waals surface area contributed by atoms with Crippen LogP contribution in [0.25, 0.3) is 10.4 Å². The third kappa shape index (κ3) is 7.79. The Morgan fingerprint density at radius 1 is 1.23 bits per heavy atom. The Labute approximate surface area is 148 Å². The average molecular weight is 361 g/mol. The molecule has 0 fully saturated rings. The number of carboxylic acids is 1. The highest BCUT2D eigenvalue weighted by Crippen LogP contribution is 2.10. The number of nitrogen functional groups attached to an aromatic ring is 1. The number of azide groups is 1. The van der Waals surface area contributed by atoms with Gasteiger partial charge in [-0.1, -0.05) is 5.11 Å². The zero-order chi connectivity index (χ0) is 19.5. The molecule has 0 spiro atoms. The van der Waals surface area contributed by atoms with Gasteiger partial charge in [-0.15, -0.1) is 0 Å². The third-order valence-corrected chi connectivity index (χ3v) is 3.21. The second kappa shape index (κ2) is 10.3. The van der Waals surface area contributed by atoms with Gasteiger partial charge in [-0.25, -0.2) is 0 Å². The molecule has 0 saturated carbocycles. The van der Waals surface area contributed by atoms with Crippen LogP contribution in [-0.4, -0.2) is 41.3 Å². The standard InChI is InChI=1S/C15H19N7O4/c16-15(17)9-1-3-10(4-2-9)20-12(23)5-6-13(24)21-11(7-14(25)26)8-19-22-18/h1-4,11H,5-8H2,(H3,16,17)(H,20,23)(H,21,24)(H,25,26). The van der Waals surface area contributed by atoms with Crippen LogP contribution in [0.1, 0.15) is 24.8 Å². The van der Waals surface area contributed by atoms with E-state index in [1.165, 1.54) is 0 Å². The molecule has 1 aromatic rings. The summed E-state index contributed by atoms with van der Waals surface area (Å²) in [6, 6.07) is 5.49. The Morgan fingerprint density at radius 3 is 2.38 bits per heavy atom. The van der Waals surface area contributed by atoms with Crippen molar-refractivity contribution in [2.75, 3.05) is 11.9 Å². The molecule has 11 heteroatoms. The first-order chi connectivity index (χ1) is 12.3. The van der Waals surface area contributed by atoms with Crippen LogP contribution in [-0.2, 0) is 14.4 Å². The molecule has 1 atom stereocenters. The fourth-order valence-corrected chi connectivity index (χ4v) is 1.99. The molecule has 26 heavy (non-hydrogen) atoms. The number of anilines is 1. The lowest BCUT2D eigenvalue weighted by Gasteiger charge is -2.14. The molecule has 1 unspecified atom stereocenters. The van der Waals surface area contributed by atoms with Gasteiger partial charge in [-0.05, 0) is 29.8 Å². The first-order valence-corrected chi connectivity index (χ1v) is 7.58. The maximum absolute atomic E-state index is 11.9. The van der Waals surface area contributed by atoms with Crippen LogP contribution in [0.5, 0.6) is 0 Å². The van der Waals surface area contributed by atoms with Crippen LogP contribution >= 0.6 is 0 Å². The minimum atomic E-state index is -1.14. The van der Waals surface area contributed by atoms with Crippen LogP contribution in [0, 0.1) is 5.41 Å².